The van der Waals surface area contributed by atoms with Crippen molar-refractivity contribution in [3.05, 3.63) is 24.8 Å². The maximum absolute atomic E-state index is 12.6. The lowest BCUT2D eigenvalue weighted by atomic mass is 9.69. The number of hydrogen-bond acceptors (Lipinski definition) is 5. The molecule has 2 saturated carbocycles. The van der Waals surface area contributed by atoms with Crippen molar-refractivity contribution in [2.24, 2.45) is 23.7 Å². The average molecular weight is 386 g/mol. The number of anilines is 3. The first-order chi connectivity index (χ1) is 13.5. The number of ether oxygens (including phenoxy) is 1. The molecule has 0 unspecified atom stereocenters. The third-order valence-corrected chi connectivity index (χ3v) is 6.88. The molecule has 2 aliphatic carbocycles. The van der Waals surface area contributed by atoms with Gasteiger partial charge in [-0.25, -0.2) is 0 Å². The number of rotatable bonds is 6. The van der Waals surface area contributed by atoms with Crippen LogP contribution in [0.1, 0.15) is 64.2 Å². The van der Waals surface area contributed by atoms with E-state index in [4.69, 9.17) is 21.9 Å². The van der Waals surface area contributed by atoms with Crippen molar-refractivity contribution < 1.29 is 9.53 Å². The second-order valence-corrected chi connectivity index (χ2v) is 8.70. The first-order valence-electron chi connectivity index (χ1n) is 10.7. The van der Waals surface area contributed by atoms with E-state index in [1.807, 2.05) is 6.08 Å². The van der Waals surface area contributed by atoms with E-state index < -0.39 is 0 Å². The SMILES string of the molecule is C=CCCC1CCC(C2CCC(C(=O)Oc3cc(N)c(N)c(N)c3)CC2)CC1. The highest BCUT2D eigenvalue weighted by molar-refractivity contribution is 5.81. The van der Waals surface area contributed by atoms with E-state index in [0.29, 0.717) is 22.8 Å². The Labute approximate surface area is 168 Å². The molecule has 0 aromatic heterocycles. The first kappa shape index (κ1) is 20.6. The number of nitrogens with two attached hydrogens (primary N) is 3. The molecule has 2 fully saturated rings. The fourth-order valence-corrected chi connectivity index (χ4v) is 5.06. The minimum absolute atomic E-state index is 0.0276. The number of allylic oxidation sites excluding steroid dienone is 1. The van der Waals surface area contributed by atoms with E-state index in [2.05, 4.69) is 6.58 Å². The highest BCUT2D eigenvalue weighted by Gasteiger charge is 2.33. The molecule has 2 aliphatic rings. The maximum atomic E-state index is 12.6. The van der Waals surface area contributed by atoms with Crippen molar-refractivity contribution in [3.8, 4) is 5.75 Å². The molecule has 154 valence electrons. The molecule has 0 saturated heterocycles. The molecule has 5 heteroatoms. The summed E-state index contributed by atoms with van der Waals surface area (Å²) in [4.78, 5) is 12.6. The van der Waals surface area contributed by atoms with E-state index in [0.717, 1.165) is 49.9 Å². The molecule has 0 spiro atoms. The van der Waals surface area contributed by atoms with Crippen molar-refractivity contribution in [2.75, 3.05) is 17.2 Å². The molecule has 0 heterocycles. The van der Waals surface area contributed by atoms with E-state index in [1.165, 1.54) is 32.1 Å². The zero-order chi connectivity index (χ0) is 20.1. The number of carbonyl (C=O) groups excluding carboxylic acids is 1. The Morgan fingerprint density at radius 3 is 2.04 bits per heavy atom. The predicted molar refractivity (Wildman–Crippen MR) is 116 cm³/mol. The van der Waals surface area contributed by atoms with Gasteiger partial charge in [0.05, 0.1) is 23.0 Å². The van der Waals surface area contributed by atoms with Gasteiger partial charge in [0.15, 0.2) is 0 Å². The van der Waals surface area contributed by atoms with Crippen LogP contribution in [0.15, 0.2) is 24.8 Å². The van der Waals surface area contributed by atoms with Crippen LogP contribution < -0.4 is 21.9 Å². The van der Waals surface area contributed by atoms with Gasteiger partial charge in [-0.2, -0.15) is 0 Å². The van der Waals surface area contributed by atoms with Gasteiger partial charge < -0.3 is 21.9 Å². The highest BCUT2D eigenvalue weighted by atomic mass is 16.5. The molecule has 5 nitrogen and oxygen atoms in total. The van der Waals surface area contributed by atoms with Gasteiger partial charge in [0.25, 0.3) is 0 Å². The monoisotopic (exact) mass is 385 g/mol. The zero-order valence-electron chi connectivity index (χ0n) is 16.9. The van der Waals surface area contributed by atoms with Gasteiger partial charge in [0, 0.05) is 12.1 Å². The lowest BCUT2D eigenvalue weighted by Gasteiger charge is -2.37. The second-order valence-electron chi connectivity index (χ2n) is 8.70. The fraction of sp³-hybridized carbons (Fsp3) is 0.609. The number of benzene rings is 1. The van der Waals surface area contributed by atoms with Crippen LogP contribution in [0.2, 0.25) is 0 Å². The van der Waals surface area contributed by atoms with Gasteiger partial charge in [-0.05, 0) is 69.1 Å². The largest absolute Gasteiger partial charge is 0.426 e. The standard InChI is InChI=1S/C23H35N3O2/c1-2-3-4-15-5-7-16(8-6-15)17-9-11-18(12-10-17)23(27)28-19-13-20(24)22(26)21(25)14-19/h2,13-18H,1,3-12,24-26H2. The lowest BCUT2D eigenvalue weighted by Crippen LogP contribution is -2.30. The van der Waals surface area contributed by atoms with Crippen LogP contribution in [-0.4, -0.2) is 5.97 Å². The molecule has 0 radical (unpaired) electrons. The minimum Gasteiger partial charge on any atom is -0.426 e. The van der Waals surface area contributed by atoms with Crippen molar-refractivity contribution in [3.63, 3.8) is 0 Å². The fourth-order valence-electron chi connectivity index (χ4n) is 5.06. The Morgan fingerprint density at radius 1 is 0.964 bits per heavy atom. The molecule has 0 aliphatic heterocycles. The molecule has 0 atom stereocenters. The predicted octanol–water partition coefficient (Wildman–Crippen LogP) is 4.92. The highest BCUT2D eigenvalue weighted by Crippen LogP contribution is 2.42. The van der Waals surface area contributed by atoms with Crippen LogP contribution in [0.5, 0.6) is 5.75 Å². The average Bonchev–Trinajstić information content (AvgIpc) is 2.71. The summed E-state index contributed by atoms with van der Waals surface area (Å²) in [6.07, 6.45) is 14.0. The van der Waals surface area contributed by atoms with Gasteiger partial charge >= 0.3 is 5.97 Å². The van der Waals surface area contributed by atoms with Crippen LogP contribution in [0.25, 0.3) is 0 Å². The molecular weight excluding hydrogens is 350 g/mol. The van der Waals surface area contributed by atoms with Crippen LogP contribution in [0, 0.1) is 23.7 Å². The van der Waals surface area contributed by atoms with Gasteiger partial charge in [0.1, 0.15) is 5.75 Å². The summed E-state index contributed by atoms with van der Waals surface area (Å²) in [5.41, 5.74) is 18.4. The van der Waals surface area contributed by atoms with E-state index >= 15 is 0 Å². The molecule has 0 amide bonds. The molecule has 0 bridgehead atoms. The summed E-state index contributed by atoms with van der Waals surface area (Å²) in [6, 6.07) is 3.14. The van der Waals surface area contributed by atoms with Crippen molar-refractivity contribution in [1.82, 2.24) is 0 Å². The summed E-state index contributed by atoms with van der Waals surface area (Å²) in [5.74, 6) is 2.69. The molecule has 6 N–H and O–H groups in total. The van der Waals surface area contributed by atoms with Crippen LogP contribution in [0.3, 0.4) is 0 Å². The Balaban J connectivity index is 1.45. The summed E-state index contributed by atoms with van der Waals surface area (Å²) in [7, 11) is 0. The first-order valence-corrected chi connectivity index (χ1v) is 10.7. The van der Waals surface area contributed by atoms with Crippen molar-refractivity contribution in [1.29, 1.82) is 0 Å². The smallest absolute Gasteiger partial charge is 0.314 e. The Morgan fingerprint density at radius 2 is 1.50 bits per heavy atom. The number of esters is 1. The molecule has 1 aromatic carbocycles. The zero-order valence-corrected chi connectivity index (χ0v) is 16.9. The van der Waals surface area contributed by atoms with Gasteiger partial charge in [-0.15, -0.1) is 6.58 Å². The van der Waals surface area contributed by atoms with Gasteiger partial charge in [0.2, 0.25) is 0 Å². The lowest BCUT2D eigenvalue weighted by molar-refractivity contribution is -0.140. The normalized spacial score (nSPS) is 27.9. The van der Waals surface area contributed by atoms with E-state index in [-0.39, 0.29) is 11.9 Å². The Bertz CT molecular complexity index is 664. The quantitative estimate of drug-likeness (QED) is 0.279. The maximum Gasteiger partial charge on any atom is 0.314 e. The summed E-state index contributed by atoms with van der Waals surface area (Å²) >= 11 is 0. The Kier molecular flexibility index (Phi) is 6.87. The van der Waals surface area contributed by atoms with Gasteiger partial charge in [-0.3, -0.25) is 4.79 Å². The third kappa shape index (κ3) is 5.00. The van der Waals surface area contributed by atoms with Crippen molar-refractivity contribution >= 4 is 23.0 Å². The summed E-state index contributed by atoms with van der Waals surface area (Å²) < 4.78 is 5.54. The summed E-state index contributed by atoms with van der Waals surface area (Å²) in [6.45, 7) is 3.84. The van der Waals surface area contributed by atoms with Crippen molar-refractivity contribution in [2.45, 2.75) is 64.2 Å². The second kappa shape index (κ2) is 9.35. The number of carbonyl (C=O) groups is 1. The van der Waals surface area contributed by atoms with E-state index in [9.17, 15) is 4.79 Å². The van der Waals surface area contributed by atoms with Crippen LogP contribution in [-0.2, 0) is 4.79 Å². The van der Waals surface area contributed by atoms with Crippen LogP contribution >= 0.6 is 0 Å². The Hall–Kier alpha value is -2.17. The summed E-state index contributed by atoms with van der Waals surface area (Å²) in [5, 5.41) is 0. The molecule has 1 aromatic rings. The van der Waals surface area contributed by atoms with E-state index in [1.54, 1.807) is 12.1 Å². The van der Waals surface area contributed by atoms with Crippen LogP contribution in [0.4, 0.5) is 17.1 Å². The molecule has 3 rings (SSSR count). The van der Waals surface area contributed by atoms with Gasteiger partial charge in [-0.1, -0.05) is 18.9 Å². The number of hydrogen-bond donors (Lipinski definition) is 3. The topological polar surface area (TPSA) is 104 Å². The number of nitrogen functional groups attached to an aromatic ring is 3. The minimum atomic E-state index is -0.171. The molecule has 28 heavy (non-hydrogen) atoms. The third-order valence-electron chi connectivity index (χ3n) is 6.88. The molecular formula is C23H35N3O2.